The molecule has 0 aliphatic rings. The van der Waals surface area contributed by atoms with Crippen molar-refractivity contribution in [1.29, 1.82) is 5.26 Å². The molecule has 0 aliphatic carbocycles. The summed E-state index contributed by atoms with van der Waals surface area (Å²) >= 11 is 0. The molecule has 1 heterocycles. The highest BCUT2D eigenvalue weighted by Crippen LogP contribution is 2.40. The number of H-pyrrole nitrogens is 1. The number of nitrogens with one attached hydrogen (secondary N) is 1. The summed E-state index contributed by atoms with van der Waals surface area (Å²) in [6.07, 6.45) is -3.16. The third kappa shape index (κ3) is 5.44. The van der Waals surface area contributed by atoms with E-state index in [-0.39, 0.29) is 29.4 Å². The Morgan fingerprint density at radius 1 is 1.11 bits per heavy atom. The maximum Gasteiger partial charge on any atom is 0.416 e. The SMILES string of the molecule is CCOc1cc(/C=C(\C#N)c2nc3cc(C)c(C)cc3[nH]2)ccc1Oc1ccc(C(F)(F)F)cc1[N+](=O)[O-]. The molecule has 11 heteroatoms. The van der Waals surface area contributed by atoms with Crippen LogP contribution >= 0.6 is 0 Å². The molecular weight excluding hydrogens is 501 g/mol. The van der Waals surface area contributed by atoms with Crippen molar-refractivity contribution in [2.75, 3.05) is 6.61 Å². The van der Waals surface area contributed by atoms with Crippen molar-refractivity contribution in [1.82, 2.24) is 9.97 Å². The molecule has 4 aromatic rings. The number of ether oxygens (including phenoxy) is 2. The van der Waals surface area contributed by atoms with Gasteiger partial charge in [0, 0.05) is 6.07 Å². The fraction of sp³-hybridized carbons (Fsp3) is 0.185. The average Bonchev–Trinajstić information content (AvgIpc) is 3.26. The first-order valence-corrected chi connectivity index (χ1v) is 11.4. The van der Waals surface area contributed by atoms with Crippen LogP contribution in [0, 0.1) is 35.3 Å². The van der Waals surface area contributed by atoms with E-state index in [0.29, 0.717) is 23.5 Å². The molecule has 0 fully saturated rings. The van der Waals surface area contributed by atoms with E-state index in [1.54, 1.807) is 25.1 Å². The van der Waals surface area contributed by atoms with Crippen LogP contribution in [0.4, 0.5) is 18.9 Å². The monoisotopic (exact) mass is 522 g/mol. The molecule has 8 nitrogen and oxygen atoms in total. The summed E-state index contributed by atoms with van der Waals surface area (Å²) in [4.78, 5) is 18.1. The minimum Gasteiger partial charge on any atom is -0.490 e. The Morgan fingerprint density at radius 3 is 2.47 bits per heavy atom. The molecule has 0 saturated heterocycles. The molecular formula is C27H21F3N4O4. The second-order valence-corrected chi connectivity index (χ2v) is 8.39. The molecule has 0 amide bonds. The molecule has 0 spiro atoms. The lowest BCUT2D eigenvalue weighted by molar-refractivity contribution is -0.385. The number of aromatic nitrogens is 2. The van der Waals surface area contributed by atoms with Crippen LogP contribution in [0.15, 0.2) is 48.5 Å². The van der Waals surface area contributed by atoms with Gasteiger partial charge in [0.1, 0.15) is 11.9 Å². The smallest absolute Gasteiger partial charge is 0.416 e. The molecule has 0 bridgehead atoms. The fourth-order valence-corrected chi connectivity index (χ4v) is 3.73. The van der Waals surface area contributed by atoms with Crippen LogP contribution in [0.5, 0.6) is 17.2 Å². The van der Waals surface area contributed by atoms with Crippen LogP contribution in [-0.4, -0.2) is 21.5 Å². The lowest BCUT2D eigenvalue weighted by Gasteiger charge is -2.13. The summed E-state index contributed by atoms with van der Waals surface area (Å²) in [5, 5.41) is 21.2. The van der Waals surface area contributed by atoms with E-state index in [1.807, 2.05) is 26.0 Å². The number of aryl methyl sites for hydroxylation is 2. The first kappa shape index (κ1) is 26.2. The van der Waals surface area contributed by atoms with Gasteiger partial charge in [-0.2, -0.15) is 18.4 Å². The Bertz CT molecular complexity index is 1580. The maximum absolute atomic E-state index is 13.0. The number of hydrogen-bond acceptors (Lipinski definition) is 6. The van der Waals surface area contributed by atoms with Gasteiger partial charge in [0.25, 0.3) is 0 Å². The normalized spacial score (nSPS) is 11.9. The maximum atomic E-state index is 13.0. The van der Waals surface area contributed by atoms with Crippen molar-refractivity contribution < 1.29 is 27.6 Å². The number of nitriles is 1. The van der Waals surface area contributed by atoms with Gasteiger partial charge < -0.3 is 14.5 Å². The minimum atomic E-state index is -4.75. The molecule has 0 saturated carbocycles. The van der Waals surface area contributed by atoms with Crippen molar-refractivity contribution in [2.45, 2.75) is 26.9 Å². The Labute approximate surface area is 215 Å². The average molecular weight is 522 g/mol. The standard InChI is InChI=1S/C27H21F3N4O4/c1-4-37-25-12-17(11-18(14-31)26-32-20-9-15(2)16(3)10-21(20)33-26)5-7-24(25)38-23-8-6-19(27(28,29)30)13-22(23)34(35)36/h5-13H,4H2,1-3H3,(H,32,33)/b18-11+. The quantitative estimate of drug-likeness (QED) is 0.154. The summed E-state index contributed by atoms with van der Waals surface area (Å²) in [6.45, 7) is 5.88. The second kappa shape index (κ2) is 10.3. The Morgan fingerprint density at radius 2 is 1.82 bits per heavy atom. The summed E-state index contributed by atoms with van der Waals surface area (Å²) in [5.74, 6) is 0.243. The number of imidazole rings is 1. The van der Waals surface area contributed by atoms with E-state index in [4.69, 9.17) is 9.47 Å². The Balaban J connectivity index is 1.70. The number of rotatable bonds is 7. The van der Waals surface area contributed by atoms with E-state index in [9.17, 15) is 28.5 Å². The molecule has 4 rings (SSSR count). The number of hydrogen-bond donors (Lipinski definition) is 1. The lowest BCUT2D eigenvalue weighted by atomic mass is 10.1. The minimum absolute atomic E-state index is 0.0556. The van der Waals surface area contributed by atoms with E-state index < -0.39 is 22.4 Å². The first-order valence-electron chi connectivity index (χ1n) is 11.4. The highest BCUT2D eigenvalue weighted by atomic mass is 19.4. The van der Waals surface area contributed by atoms with Gasteiger partial charge >= 0.3 is 11.9 Å². The van der Waals surface area contributed by atoms with Crippen LogP contribution in [0.25, 0.3) is 22.7 Å². The molecule has 3 aromatic carbocycles. The summed E-state index contributed by atoms with van der Waals surface area (Å²) < 4.78 is 50.3. The summed E-state index contributed by atoms with van der Waals surface area (Å²) in [5.41, 5.74) is 2.47. The van der Waals surface area contributed by atoms with E-state index in [2.05, 4.69) is 16.0 Å². The number of allylic oxidation sites excluding steroid dienone is 1. The van der Waals surface area contributed by atoms with Gasteiger partial charge in [-0.3, -0.25) is 10.1 Å². The number of halogens is 3. The second-order valence-electron chi connectivity index (χ2n) is 8.39. The van der Waals surface area contributed by atoms with Gasteiger partial charge in [-0.15, -0.1) is 0 Å². The van der Waals surface area contributed by atoms with Gasteiger partial charge in [-0.25, -0.2) is 4.98 Å². The topological polar surface area (TPSA) is 114 Å². The van der Waals surface area contributed by atoms with E-state index >= 15 is 0 Å². The van der Waals surface area contributed by atoms with Crippen LogP contribution in [0.3, 0.4) is 0 Å². The molecule has 0 radical (unpaired) electrons. The van der Waals surface area contributed by atoms with Gasteiger partial charge in [0.15, 0.2) is 11.5 Å². The molecule has 0 unspecified atom stereocenters. The Hall–Kier alpha value is -4.85. The largest absolute Gasteiger partial charge is 0.490 e. The zero-order chi connectivity index (χ0) is 27.6. The van der Waals surface area contributed by atoms with Gasteiger partial charge in [0.2, 0.25) is 5.75 Å². The number of nitro benzene ring substituents is 1. The zero-order valence-electron chi connectivity index (χ0n) is 20.5. The molecule has 0 aliphatic heterocycles. The van der Waals surface area contributed by atoms with Gasteiger partial charge in [-0.05, 0) is 79.9 Å². The number of nitro groups is 1. The van der Waals surface area contributed by atoms with Crippen LogP contribution < -0.4 is 9.47 Å². The number of fused-ring (bicyclic) bond motifs is 1. The number of benzene rings is 3. The zero-order valence-corrected chi connectivity index (χ0v) is 20.5. The van der Waals surface area contributed by atoms with Gasteiger partial charge in [-0.1, -0.05) is 6.07 Å². The predicted octanol–water partition coefficient (Wildman–Crippen LogP) is 7.36. The highest BCUT2D eigenvalue weighted by Gasteiger charge is 2.33. The summed E-state index contributed by atoms with van der Waals surface area (Å²) in [6, 6.07) is 12.6. The number of aromatic amines is 1. The molecule has 1 N–H and O–H groups in total. The van der Waals surface area contributed by atoms with Crippen molar-refractivity contribution in [2.24, 2.45) is 0 Å². The molecule has 194 valence electrons. The molecule has 1 aromatic heterocycles. The van der Waals surface area contributed by atoms with Crippen molar-refractivity contribution >= 4 is 28.4 Å². The van der Waals surface area contributed by atoms with Crippen LogP contribution in [-0.2, 0) is 6.18 Å². The van der Waals surface area contributed by atoms with Gasteiger partial charge in [0.05, 0.1) is 33.7 Å². The van der Waals surface area contributed by atoms with Crippen molar-refractivity contribution in [3.63, 3.8) is 0 Å². The third-order valence-electron chi connectivity index (χ3n) is 5.75. The number of alkyl halides is 3. The first-order chi connectivity index (χ1) is 18.0. The van der Waals surface area contributed by atoms with Crippen LogP contribution in [0.1, 0.15) is 35.0 Å². The van der Waals surface area contributed by atoms with Crippen molar-refractivity contribution in [3.8, 4) is 23.3 Å². The molecule has 0 atom stereocenters. The van der Waals surface area contributed by atoms with E-state index in [0.717, 1.165) is 28.2 Å². The molecule has 38 heavy (non-hydrogen) atoms. The predicted molar refractivity (Wildman–Crippen MR) is 135 cm³/mol. The lowest BCUT2D eigenvalue weighted by Crippen LogP contribution is -2.06. The Kier molecular flexibility index (Phi) is 7.08. The van der Waals surface area contributed by atoms with E-state index in [1.165, 1.54) is 6.07 Å². The fourth-order valence-electron chi connectivity index (χ4n) is 3.73. The highest BCUT2D eigenvalue weighted by molar-refractivity contribution is 5.90. The third-order valence-corrected chi connectivity index (χ3v) is 5.75. The van der Waals surface area contributed by atoms with Crippen molar-refractivity contribution in [3.05, 3.63) is 86.7 Å². The summed E-state index contributed by atoms with van der Waals surface area (Å²) in [7, 11) is 0. The van der Waals surface area contributed by atoms with Crippen LogP contribution in [0.2, 0.25) is 0 Å². The number of nitrogens with zero attached hydrogens (tertiary/aromatic N) is 3.